The minimum absolute atomic E-state index is 0.129. The fourth-order valence-corrected chi connectivity index (χ4v) is 6.61. The smallest absolute Gasteiger partial charge is 0.160 e. The molecule has 0 atom stereocenters. The Kier molecular flexibility index (Phi) is 5.80. The molecule has 2 heterocycles. The highest BCUT2D eigenvalue weighted by Crippen LogP contribution is 2.53. The van der Waals surface area contributed by atoms with Crippen LogP contribution in [0.1, 0.15) is 25.0 Å². The van der Waals surface area contributed by atoms with E-state index in [2.05, 4.69) is 122 Å². The first-order valence-corrected chi connectivity index (χ1v) is 14.7. The summed E-state index contributed by atoms with van der Waals surface area (Å²) in [6, 6.07) is 45.0. The highest BCUT2D eigenvalue weighted by Gasteiger charge is 2.37. The molecule has 1 aliphatic rings. The van der Waals surface area contributed by atoms with Crippen molar-refractivity contribution in [1.29, 1.82) is 0 Å². The Balaban J connectivity index is 1.40. The van der Waals surface area contributed by atoms with Crippen LogP contribution in [-0.2, 0) is 5.41 Å². The molecule has 7 aromatic rings. The third-order valence-electron chi connectivity index (χ3n) is 8.78. The zero-order chi connectivity index (χ0) is 29.0. The molecule has 5 aromatic carbocycles. The molecular weight excluding hydrogens is 522 g/mol. The first kappa shape index (κ1) is 25.3. The van der Waals surface area contributed by atoms with Crippen LogP contribution in [0.4, 0.5) is 0 Å². The van der Waals surface area contributed by atoms with Gasteiger partial charge in [-0.25, -0.2) is 9.97 Å². The quantitative estimate of drug-likeness (QED) is 0.218. The molecule has 3 heteroatoms. The van der Waals surface area contributed by atoms with Crippen LogP contribution in [0.15, 0.2) is 140 Å². The second-order valence-corrected chi connectivity index (χ2v) is 11.7. The van der Waals surface area contributed by atoms with Crippen LogP contribution in [-0.4, -0.2) is 15.0 Å². The molecule has 8 rings (SSSR count). The topological polar surface area (TPSA) is 38.7 Å². The number of benzene rings is 5. The van der Waals surface area contributed by atoms with Crippen LogP contribution in [0.25, 0.3) is 66.9 Å². The van der Waals surface area contributed by atoms with Crippen molar-refractivity contribution >= 4 is 10.8 Å². The van der Waals surface area contributed by atoms with Crippen LogP contribution in [0.3, 0.4) is 0 Å². The first-order valence-electron chi connectivity index (χ1n) is 14.7. The summed E-state index contributed by atoms with van der Waals surface area (Å²) in [6.45, 7) is 4.67. The molecule has 43 heavy (non-hydrogen) atoms. The van der Waals surface area contributed by atoms with Crippen LogP contribution in [0.2, 0.25) is 0 Å². The van der Waals surface area contributed by atoms with Crippen LogP contribution < -0.4 is 0 Å². The Labute approximate surface area is 251 Å². The molecular formula is C40H29N3. The summed E-state index contributed by atoms with van der Waals surface area (Å²) in [5.74, 6) is 0.711. The van der Waals surface area contributed by atoms with Gasteiger partial charge in [-0.05, 0) is 62.9 Å². The predicted molar refractivity (Wildman–Crippen MR) is 177 cm³/mol. The molecule has 0 unspecified atom stereocenters. The van der Waals surface area contributed by atoms with Crippen molar-refractivity contribution in [1.82, 2.24) is 15.0 Å². The summed E-state index contributed by atoms with van der Waals surface area (Å²) in [5, 5.41) is 2.52. The third-order valence-corrected chi connectivity index (χ3v) is 8.78. The van der Waals surface area contributed by atoms with Gasteiger partial charge in [-0.2, -0.15) is 0 Å². The lowest BCUT2D eigenvalue weighted by molar-refractivity contribution is 0.661. The third kappa shape index (κ3) is 4.16. The highest BCUT2D eigenvalue weighted by molar-refractivity contribution is 5.98. The van der Waals surface area contributed by atoms with Gasteiger partial charge in [-0.1, -0.05) is 117 Å². The van der Waals surface area contributed by atoms with E-state index in [1.165, 1.54) is 33.0 Å². The van der Waals surface area contributed by atoms with Crippen molar-refractivity contribution in [3.8, 4) is 56.2 Å². The molecule has 0 saturated heterocycles. The Morgan fingerprint density at radius 3 is 1.91 bits per heavy atom. The van der Waals surface area contributed by atoms with E-state index in [0.29, 0.717) is 5.82 Å². The second-order valence-electron chi connectivity index (χ2n) is 11.7. The summed E-state index contributed by atoms with van der Waals surface area (Å²) in [6.07, 6.45) is 3.72. The average molecular weight is 552 g/mol. The normalized spacial score (nSPS) is 13.1. The fraction of sp³-hybridized carbons (Fsp3) is 0.0750. The number of hydrogen-bond donors (Lipinski definition) is 0. The Bertz CT molecular complexity index is 2150. The number of rotatable bonds is 4. The molecule has 0 bridgehead atoms. The van der Waals surface area contributed by atoms with Gasteiger partial charge in [0.1, 0.15) is 0 Å². The molecule has 0 amide bonds. The molecule has 204 valence electrons. The number of nitrogens with zero attached hydrogens (tertiary/aromatic N) is 3. The summed E-state index contributed by atoms with van der Waals surface area (Å²) < 4.78 is 0. The number of fused-ring (bicyclic) bond motifs is 4. The molecule has 1 aliphatic carbocycles. The van der Waals surface area contributed by atoms with Gasteiger partial charge in [0.25, 0.3) is 0 Å². The Morgan fingerprint density at radius 1 is 0.488 bits per heavy atom. The van der Waals surface area contributed by atoms with Crippen LogP contribution in [0.5, 0.6) is 0 Å². The number of hydrogen-bond acceptors (Lipinski definition) is 3. The first-order chi connectivity index (χ1) is 21.1. The maximum atomic E-state index is 5.24. The maximum Gasteiger partial charge on any atom is 0.160 e. The van der Waals surface area contributed by atoms with Gasteiger partial charge >= 0.3 is 0 Å². The highest BCUT2D eigenvalue weighted by atomic mass is 14.9. The summed E-state index contributed by atoms with van der Waals surface area (Å²) in [5.41, 5.74) is 12.2. The van der Waals surface area contributed by atoms with E-state index >= 15 is 0 Å². The van der Waals surface area contributed by atoms with Gasteiger partial charge in [0.15, 0.2) is 5.82 Å². The maximum absolute atomic E-state index is 5.24. The number of pyridine rings is 1. The van der Waals surface area contributed by atoms with E-state index in [0.717, 1.165) is 39.2 Å². The standard InChI is InChI=1S/C40H29N3/c1-40(2)34-20-10-19-32(38(34)33-22-27-14-6-7-15-28(27)23-35(33)40)37-24-36(42-39(43-37)26-12-4-3-5-13-26)31-18-9-8-17-30(31)29-16-11-21-41-25-29/h3-25H,1-2H3. The lowest BCUT2D eigenvalue weighted by atomic mass is 9.81. The number of aromatic nitrogens is 3. The van der Waals surface area contributed by atoms with E-state index in [1.54, 1.807) is 6.20 Å². The zero-order valence-electron chi connectivity index (χ0n) is 24.1. The van der Waals surface area contributed by atoms with E-state index in [9.17, 15) is 0 Å². The molecule has 3 nitrogen and oxygen atoms in total. The van der Waals surface area contributed by atoms with Gasteiger partial charge in [-0.15, -0.1) is 0 Å². The van der Waals surface area contributed by atoms with Crippen molar-refractivity contribution in [3.63, 3.8) is 0 Å². The molecule has 0 radical (unpaired) electrons. The minimum Gasteiger partial charge on any atom is -0.264 e. The average Bonchev–Trinajstić information content (AvgIpc) is 3.30. The SMILES string of the molecule is CC1(C)c2cc3ccccc3cc2-c2c(-c3cc(-c4ccccc4-c4cccnc4)nc(-c4ccccc4)n3)cccc21. The van der Waals surface area contributed by atoms with Gasteiger partial charge in [0.2, 0.25) is 0 Å². The van der Waals surface area contributed by atoms with Gasteiger partial charge in [0.05, 0.1) is 11.4 Å². The fourth-order valence-electron chi connectivity index (χ4n) is 6.61. The summed E-state index contributed by atoms with van der Waals surface area (Å²) in [7, 11) is 0. The minimum atomic E-state index is -0.129. The molecule has 0 N–H and O–H groups in total. The summed E-state index contributed by atoms with van der Waals surface area (Å²) >= 11 is 0. The Hall–Kier alpha value is -5.41. The Morgan fingerprint density at radius 2 is 1.14 bits per heavy atom. The van der Waals surface area contributed by atoms with E-state index in [1.807, 2.05) is 30.5 Å². The summed E-state index contributed by atoms with van der Waals surface area (Å²) in [4.78, 5) is 14.8. The van der Waals surface area contributed by atoms with Gasteiger partial charge in [0, 0.05) is 40.1 Å². The van der Waals surface area contributed by atoms with Gasteiger partial charge in [-0.3, -0.25) is 4.98 Å². The van der Waals surface area contributed by atoms with Gasteiger partial charge < -0.3 is 0 Å². The van der Waals surface area contributed by atoms with E-state index in [4.69, 9.17) is 9.97 Å². The molecule has 2 aromatic heterocycles. The lowest BCUT2D eigenvalue weighted by Crippen LogP contribution is -2.14. The lowest BCUT2D eigenvalue weighted by Gasteiger charge is -2.22. The van der Waals surface area contributed by atoms with Crippen LogP contribution >= 0.6 is 0 Å². The van der Waals surface area contributed by atoms with E-state index in [-0.39, 0.29) is 5.41 Å². The van der Waals surface area contributed by atoms with Crippen molar-refractivity contribution in [2.24, 2.45) is 0 Å². The molecule has 0 aliphatic heterocycles. The monoisotopic (exact) mass is 551 g/mol. The van der Waals surface area contributed by atoms with Crippen molar-refractivity contribution in [2.75, 3.05) is 0 Å². The van der Waals surface area contributed by atoms with Crippen molar-refractivity contribution in [2.45, 2.75) is 19.3 Å². The van der Waals surface area contributed by atoms with Crippen LogP contribution in [0, 0.1) is 0 Å². The largest absolute Gasteiger partial charge is 0.264 e. The van der Waals surface area contributed by atoms with Crippen molar-refractivity contribution < 1.29 is 0 Å². The second kappa shape index (κ2) is 9.85. The van der Waals surface area contributed by atoms with E-state index < -0.39 is 0 Å². The molecule has 0 fully saturated rings. The zero-order valence-corrected chi connectivity index (χ0v) is 24.1. The van der Waals surface area contributed by atoms with Crippen molar-refractivity contribution in [3.05, 3.63) is 151 Å². The molecule has 0 saturated carbocycles. The molecule has 0 spiro atoms. The predicted octanol–water partition coefficient (Wildman–Crippen LogP) is 10.00.